The molecule has 114 valence electrons. The Morgan fingerprint density at radius 2 is 1.41 bits per heavy atom. The van der Waals surface area contributed by atoms with Crippen molar-refractivity contribution in [1.29, 1.82) is 0 Å². The maximum atomic E-state index is 11.8. The Hall–Kier alpha value is -2.49. The molecule has 22 heavy (non-hydrogen) atoms. The summed E-state index contributed by atoms with van der Waals surface area (Å²) < 4.78 is 5.21. The standard InChI is InChI=1S/C18H18O4/c1-11-16(10-22-18(11)21)17(12-2-6-14(19)7-3-12)13-4-8-15(20)9-5-13/h2-9,11,16-17,19-20H,10H2,1H3/t11-,16-/m1/s1. The van der Waals surface area contributed by atoms with Crippen LogP contribution in [0.1, 0.15) is 24.0 Å². The Morgan fingerprint density at radius 3 is 1.77 bits per heavy atom. The number of carbonyl (C=O) groups is 1. The van der Waals surface area contributed by atoms with Crippen LogP contribution in [0.2, 0.25) is 0 Å². The summed E-state index contributed by atoms with van der Waals surface area (Å²) in [6.45, 7) is 2.26. The molecule has 0 unspecified atom stereocenters. The Morgan fingerprint density at radius 1 is 0.955 bits per heavy atom. The number of aromatic hydroxyl groups is 2. The molecule has 3 rings (SSSR count). The van der Waals surface area contributed by atoms with E-state index in [1.54, 1.807) is 24.3 Å². The Bertz CT molecular complexity index is 615. The quantitative estimate of drug-likeness (QED) is 0.855. The fourth-order valence-corrected chi connectivity index (χ4v) is 3.06. The van der Waals surface area contributed by atoms with Crippen molar-refractivity contribution in [2.45, 2.75) is 12.8 Å². The molecular weight excluding hydrogens is 280 g/mol. The zero-order chi connectivity index (χ0) is 15.7. The molecule has 4 nitrogen and oxygen atoms in total. The topological polar surface area (TPSA) is 66.8 Å². The summed E-state index contributed by atoms with van der Waals surface area (Å²) >= 11 is 0. The van der Waals surface area contributed by atoms with Gasteiger partial charge >= 0.3 is 5.97 Å². The van der Waals surface area contributed by atoms with E-state index in [0.29, 0.717) is 6.61 Å². The van der Waals surface area contributed by atoms with Gasteiger partial charge in [-0.15, -0.1) is 0 Å². The van der Waals surface area contributed by atoms with E-state index in [0.717, 1.165) is 11.1 Å². The number of cyclic esters (lactones) is 1. The van der Waals surface area contributed by atoms with Gasteiger partial charge in [0.25, 0.3) is 0 Å². The number of hydrogen-bond acceptors (Lipinski definition) is 4. The predicted molar refractivity (Wildman–Crippen MR) is 81.7 cm³/mol. The lowest BCUT2D eigenvalue weighted by atomic mass is 9.76. The number of ether oxygens (including phenoxy) is 1. The molecule has 1 saturated heterocycles. The molecule has 0 aromatic heterocycles. The van der Waals surface area contributed by atoms with Crippen molar-refractivity contribution in [3.05, 3.63) is 59.7 Å². The molecule has 0 amide bonds. The third-order valence-corrected chi connectivity index (χ3v) is 4.36. The summed E-state index contributed by atoms with van der Waals surface area (Å²) in [5.41, 5.74) is 2.03. The van der Waals surface area contributed by atoms with Crippen LogP contribution in [-0.2, 0) is 9.53 Å². The lowest BCUT2D eigenvalue weighted by Crippen LogP contribution is -2.21. The first-order valence-electron chi connectivity index (χ1n) is 7.31. The van der Waals surface area contributed by atoms with Crippen molar-refractivity contribution in [1.82, 2.24) is 0 Å². The first-order valence-corrected chi connectivity index (χ1v) is 7.31. The summed E-state index contributed by atoms with van der Waals surface area (Å²) in [5, 5.41) is 19.0. The summed E-state index contributed by atoms with van der Waals surface area (Å²) in [6.07, 6.45) is 0. The highest BCUT2D eigenvalue weighted by Gasteiger charge is 2.39. The fourth-order valence-electron chi connectivity index (χ4n) is 3.06. The van der Waals surface area contributed by atoms with Crippen molar-refractivity contribution in [2.24, 2.45) is 11.8 Å². The van der Waals surface area contributed by atoms with E-state index in [4.69, 9.17) is 4.74 Å². The molecule has 0 radical (unpaired) electrons. The van der Waals surface area contributed by atoms with E-state index in [1.165, 1.54) is 0 Å². The van der Waals surface area contributed by atoms with Crippen molar-refractivity contribution >= 4 is 5.97 Å². The fraction of sp³-hybridized carbons (Fsp3) is 0.278. The van der Waals surface area contributed by atoms with Gasteiger partial charge in [0.15, 0.2) is 0 Å². The number of carbonyl (C=O) groups excluding carboxylic acids is 1. The lowest BCUT2D eigenvalue weighted by molar-refractivity contribution is -0.140. The van der Waals surface area contributed by atoms with Crippen LogP contribution in [0.15, 0.2) is 48.5 Å². The molecule has 4 heteroatoms. The Labute approximate surface area is 129 Å². The molecule has 1 heterocycles. The average Bonchev–Trinajstić information content (AvgIpc) is 2.84. The largest absolute Gasteiger partial charge is 0.508 e. The van der Waals surface area contributed by atoms with Gasteiger partial charge in [-0.05, 0) is 35.4 Å². The molecule has 2 aromatic carbocycles. The number of rotatable bonds is 3. The molecule has 0 saturated carbocycles. The van der Waals surface area contributed by atoms with Gasteiger partial charge in [-0.1, -0.05) is 31.2 Å². The number of benzene rings is 2. The molecular formula is C18H18O4. The minimum atomic E-state index is -0.187. The Balaban J connectivity index is 2.03. The molecule has 1 aliphatic rings. The summed E-state index contributed by atoms with van der Waals surface area (Å²) in [6, 6.07) is 14.0. The van der Waals surface area contributed by atoms with E-state index in [-0.39, 0.29) is 35.2 Å². The molecule has 0 bridgehead atoms. The minimum absolute atomic E-state index is 0.0253. The first kappa shape index (κ1) is 14.4. The molecule has 0 spiro atoms. The van der Waals surface area contributed by atoms with Crippen LogP contribution in [0.5, 0.6) is 11.5 Å². The molecule has 2 aromatic rings. The van der Waals surface area contributed by atoms with Crippen molar-refractivity contribution < 1.29 is 19.7 Å². The number of hydrogen-bond donors (Lipinski definition) is 2. The van der Waals surface area contributed by atoms with E-state index in [9.17, 15) is 15.0 Å². The van der Waals surface area contributed by atoms with Crippen LogP contribution in [0, 0.1) is 11.8 Å². The minimum Gasteiger partial charge on any atom is -0.508 e. The molecule has 1 aliphatic heterocycles. The second-order valence-electron chi connectivity index (χ2n) is 5.74. The van der Waals surface area contributed by atoms with Crippen LogP contribution in [0.4, 0.5) is 0 Å². The summed E-state index contributed by atoms with van der Waals surface area (Å²) in [4.78, 5) is 11.8. The lowest BCUT2D eigenvalue weighted by Gasteiger charge is -2.25. The predicted octanol–water partition coefficient (Wildman–Crippen LogP) is 3.04. The number of esters is 1. The number of phenols is 2. The van der Waals surface area contributed by atoms with Crippen LogP contribution < -0.4 is 0 Å². The van der Waals surface area contributed by atoms with Gasteiger partial charge < -0.3 is 14.9 Å². The van der Waals surface area contributed by atoms with E-state index < -0.39 is 0 Å². The maximum Gasteiger partial charge on any atom is 0.309 e. The zero-order valence-corrected chi connectivity index (χ0v) is 12.3. The smallest absolute Gasteiger partial charge is 0.309 e. The van der Waals surface area contributed by atoms with Gasteiger partial charge in [-0.25, -0.2) is 0 Å². The van der Waals surface area contributed by atoms with Gasteiger partial charge in [-0.3, -0.25) is 4.79 Å². The second kappa shape index (κ2) is 5.72. The summed E-state index contributed by atoms with van der Waals surface area (Å²) in [5.74, 6) is 0.0596. The first-order chi connectivity index (χ1) is 10.6. The van der Waals surface area contributed by atoms with Crippen molar-refractivity contribution in [2.75, 3.05) is 6.61 Å². The highest BCUT2D eigenvalue weighted by Crippen LogP contribution is 2.40. The van der Waals surface area contributed by atoms with E-state index in [2.05, 4.69) is 0 Å². The normalized spacial score (nSPS) is 21.1. The van der Waals surface area contributed by atoms with Crippen LogP contribution in [0.3, 0.4) is 0 Å². The Kier molecular flexibility index (Phi) is 3.75. The van der Waals surface area contributed by atoms with Crippen molar-refractivity contribution in [3.8, 4) is 11.5 Å². The van der Waals surface area contributed by atoms with E-state index >= 15 is 0 Å². The van der Waals surface area contributed by atoms with Gasteiger partial charge in [-0.2, -0.15) is 0 Å². The summed E-state index contributed by atoms with van der Waals surface area (Å²) in [7, 11) is 0. The molecule has 1 fully saturated rings. The van der Waals surface area contributed by atoms with E-state index in [1.807, 2.05) is 31.2 Å². The van der Waals surface area contributed by atoms with Gasteiger partial charge in [0.2, 0.25) is 0 Å². The van der Waals surface area contributed by atoms with Crippen LogP contribution >= 0.6 is 0 Å². The molecule has 2 N–H and O–H groups in total. The van der Waals surface area contributed by atoms with Crippen molar-refractivity contribution in [3.63, 3.8) is 0 Å². The molecule has 0 aliphatic carbocycles. The van der Waals surface area contributed by atoms with Gasteiger partial charge in [0.05, 0.1) is 12.5 Å². The maximum absolute atomic E-state index is 11.8. The average molecular weight is 298 g/mol. The third kappa shape index (κ3) is 2.64. The van der Waals surface area contributed by atoms with Crippen LogP contribution in [-0.4, -0.2) is 22.8 Å². The third-order valence-electron chi connectivity index (χ3n) is 4.36. The van der Waals surface area contributed by atoms with Crippen LogP contribution in [0.25, 0.3) is 0 Å². The highest BCUT2D eigenvalue weighted by atomic mass is 16.5. The van der Waals surface area contributed by atoms with Gasteiger partial charge in [0, 0.05) is 11.8 Å². The molecule has 2 atom stereocenters. The zero-order valence-electron chi connectivity index (χ0n) is 12.3. The van der Waals surface area contributed by atoms with Gasteiger partial charge in [0.1, 0.15) is 11.5 Å². The highest BCUT2D eigenvalue weighted by molar-refractivity contribution is 5.74. The monoisotopic (exact) mass is 298 g/mol. The number of phenolic OH excluding ortho intramolecular Hbond substituents is 2. The second-order valence-corrected chi connectivity index (χ2v) is 5.74. The SMILES string of the molecule is C[C@H]1C(=O)OC[C@H]1C(c1ccc(O)cc1)c1ccc(O)cc1.